The number of aromatic nitrogens is 2. The van der Waals surface area contributed by atoms with Crippen LogP contribution in [0.25, 0.3) is 0 Å². The lowest BCUT2D eigenvalue weighted by molar-refractivity contribution is 0.102. The molecule has 1 aromatic heterocycles. The summed E-state index contributed by atoms with van der Waals surface area (Å²) in [6.07, 6.45) is 0.493. The van der Waals surface area contributed by atoms with Crippen molar-refractivity contribution in [2.45, 2.75) is 19.4 Å². The number of carbonyl (C=O) groups excluding carboxylic acids is 1. The van der Waals surface area contributed by atoms with Crippen molar-refractivity contribution in [3.8, 4) is 0 Å². The van der Waals surface area contributed by atoms with Gasteiger partial charge in [0.25, 0.3) is 5.91 Å². The third-order valence-corrected chi connectivity index (χ3v) is 6.02. The Hall–Kier alpha value is -2.55. The quantitative estimate of drug-likeness (QED) is 0.872. The molecule has 1 fully saturated rings. The van der Waals surface area contributed by atoms with E-state index in [0.717, 1.165) is 0 Å². The number of amides is 1. The highest BCUT2D eigenvalue weighted by Gasteiger charge is 2.32. The van der Waals surface area contributed by atoms with Crippen LogP contribution in [0.3, 0.4) is 0 Å². The molecule has 3 rings (SSSR count). The maximum Gasteiger partial charge on any atom is 0.274 e. The number of nitrogens with zero attached hydrogens (tertiary/aromatic N) is 3. The number of aryl methyl sites for hydroxylation is 1. The van der Waals surface area contributed by atoms with Crippen molar-refractivity contribution in [1.82, 2.24) is 9.97 Å². The largest absolute Gasteiger partial charge is 0.340 e. The average Bonchev–Trinajstić information content (AvgIpc) is 2.95. The summed E-state index contributed by atoms with van der Waals surface area (Å²) in [6, 6.07) is 7.12. The van der Waals surface area contributed by atoms with Crippen LogP contribution in [0.4, 0.5) is 16.0 Å². The highest BCUT2D eigenvalue weighted by molar-refractivity contribution is 7.91. The fourth-order valence-corrected chi connectivity index (χ4v) is 4.59. The number of sulfone groups is 1. The van der Waals surface area contributed by atoms with E-state index in [2.05, 4.69) is 15.3 Å². The van der Waals surface area contributed by atoms with Crippen molar-refractivity contribution in [2.24, 2.45) is 0 Å². The lowest BCUT2D eigenvalue weighted by Crippen LogP contribution is -2.34. The predicted molar refractivity (Wildman–Crippen MR) is 96.6 cm³/mol. The predicted octanol–water partition coefficient (Wildman–Crippen LogP) is 1.80. The van der Waals surface area contributed by atoms with Crippen LogP contribution in [0.15, 0.2) is 30.3 Å². The Morgan fingerprint density at radius 1 is 1.31 bits per heavy atom. The van der Waals surface area contributed by atoms with Crippen molar-refractivity contribution in [3.63, 3.8) is 0 Å². The second kappa shape index (κ2) is 6.99. The molecule has 1 saturated heterocycles. The van der Waals surface area contributed by atoms with E-state index >= 15 is 0 Å². The van der Waals surface area contributed by atoms with E-state index in [1.54, 1.807) is 24.9 Å². The first-order valence-corrected chi connectivity index (χ1v) is 9.92. The van der Waals surface area contributed by atoms with Crippen molar-refractivity contribution in [1.29, 1.82) is 0 Å². The molecular formula is C17H19FN4O3S. The number of halogens is 1. The van der Waals surface area contributed by atoms with Gasteiger partial charge in [-0.3, -0.25) is 4.79 Å². The molecule has 7 nitrogen and oxygen atoms in total. The van der Waals surface area contributed by atoms with Gasteiger partial charge in [-0.05, 0) is 31.5 Å². The Labute approximate surface area is 151 Å². The van der Waals surface area contributed by atoms with Gasteiger partial charge in [0.15, 0.2) is 9.84 Å². The van der Waals surface area contributed by atoms with Crippen LogP contribution in [0.5, 0.6) is 0 Å². The van der Waals surface area contributed by atoms with Gasteiger partial charge in [-0.25, -0.2) is 22.8 Å². The summed E-state index contributed by atoms with van der Waals surface area (Å²) in [6.45, 7) is 1.71. The number of anilines is 2. The van der Waals surface area contributed by atoms with Crippen LogP contribution in [0, 0.1) is 12.7 Å². The maximum atomic E-state index is 13.7. The average molecular weight is 378 g/mol. The zero-order valence-corrected chi connectivity index (χ0v) is 15.3. The number of carbonyl (C=O) groups is 1. The van der Waals surface area contributed by atoms with Gasteiger partial charge in [0, 0.05) is 18.8 Å². The molecule has 1 atom stereocenters. The smallest absolute Gasteiger partial charge is 0.274 e. The number of hydrogen-bond acceptors (Lipinski definition) is 6. The molecule has 1 amide bonds. The highest BCUT2D eigenvalue weighted by atomic mass is 32.2. The van der Waals surface area contributed by atoms with Gasteiger partial charge in [0.2, 0.25) is 5.95 Å². The third-order valence-electron chi connectivity index (χ3n) is 4.27. The minimum absolute atomic E-state index is 0.0392. The van der Waals surface area contributed by atoms with E-state index in [9.17, 15) is 17.6 Å². The van der Waals surface area contributed by atoms with Crippen molar-refractivity contribution in [2.75, 3.05) is 28.8 Å². The molecule has 0 spiro atoms. The summed E-state index contributed by atoms with van der Waals surface area (Å²) in [5.41, 5.74) is 0.704. The summed E-state index contributed by atoms with van der Waals surface area (Å²) < 4.78 is 37.1. The van der Waals surface area contributed by atoms with E-state index in [1.165, 1.54) is 24.3 Å². The van der Waals surface area contributed by atoms with Crippen molar-refractivity contribution >= 4 is 27.4 Å². The zero-order chi connectivity index (χ0) is 18.9. The first kappa shape index (κ1) is 18.2. The minimum Gasteiger partial charge on any atom is -0.340 e. The summed E-state index contributed by atoms with van der Waals surface area (Å²) in [4.78, 5) is 22.6. The molecule has 0 aliphatic carbocycles. The van der Waals surface area contributed by atoms with Crippen LogP contribution in [-0.4, -0.2) is 48.9 Å². The number of rotatable bonds is 4. The third kappa shape index (κ3) is 3.98. The molecule has 0 bridgehead atoms. The SMILES string of the molecule is Cc1cc(C(=O)Nc2ccccc2F)nc(N(C)C2CCS(=O)(=O)C2)n1. The molecule has 26 heavy (non-hydrogen) atoms. The van der Waals surface area contributed by atoms with Gasteiger partial charge in [0.1, 0.15) is 11.5 Å². The van der Waals surface area contributed by atoms with E-state index in [4.69, 9.17) is 0 Å². The van der Waals surface area contributed by atoms with Gasteiger partial charge in [-0.2, -0.15) is 0 Å². The van der Waals surface area contributed by atoms with E-state index in [1.807, 2.05) is 0 Å². The van der Waals surface area contributed by atoms with Crippen LogP contribution in [-0.2, 0) is 9.84 Å². The molecule has 138 valence electrons. The summed E-state index contributed by atoms with van der Waals surface area (Å²) in [5, 5.41) is 2.48. The van der Waals surface area contributed by atoms with Crippen molar-refractivity contribution < 1.29 is 17.6 Å². The van der Waals surface area contributed by atoms with Crippen LogP contribution >= 0.6 is 0 Å². The molecule has 2 heterocycles. The Morgan fingerprint density at radius 2 is 2.04 bits per heavy atom. The molecule has 1 aliphatic heterocycles. The lowest BCUT2D eigenvalue weighted by atomic mass is 10.2. The van der Waals surface area contributed by atoms with E-state index in [0.29, 0.717) is 12.1 Å². The standard InChI is InChI=1S/C17H19FN4O3S/c1-11-9-15(16(23)20-14-6-4-3-5-13(14)18)21-17(19-11)22(2)12-7-8-26(24,25)10-12/h3-6,9,12H,7-8,10H2,1-2H3,(H,20,23). The first-order chi connectivity index (χ1) is 12.2. The molecular weight excluding hydrogens is 359 g/mol. The molecule has 1 N–H and O–H groups in total. The maximum absolute atomic E-state index is 13.7. The molecule has 2 aromatic rings. The molecule has 9 heteroatoms. The molecule has 0 radical (unpaired) electrons. The Morgan fingerprint density at radius 3 is 2.69 bits per heavy atom. The van der Waals surface area contributed by atoms with Crippen LogP contribution < -0.4 is 10.2 Å². The number of hydrogen-bond donors (Lipinski definition) is 1. The topological polar surface area (TPSA) is 92.3 Å². The molecule has 1 unspecified atom stereocenters. The fraction of sp³-hybridized carbons (Fsp3) is 0.353. The van der Waals surface area contributed by atoms with Gasteiger partial charge in [-0.15, -0.1) is 0 Å². The van der Waals surface area contributed by atoms with Gasteiger partial charge < -0.3 is 10.2 Å². The summed E-state index contributed by atoms with van der Waals surface area (Å²) in [5.74, 6) is -0.661. The minimum atomic E-state index is -3.05. The van der Waals surface area contributed by atoms with Gasteiger partial charge in [0.05, 0.1) is 17.2 Å². The van der Waals surface area contributed by atoms with Crippen LogP contribution in [0.2, 0.25) is 0 Å². The van der Waals surface area contributed by atoms with Gasteiger partial charge >= 0.3 is 0 Å². The second-order valence-corrected chi connectivity index (χ2v) is 8.53. The molecule has 1 aliphatic rings. The van der Waals surface area contributed by atoms with Gasteiger partial charge in [-0.1, -0.05) is 12.1 Å². The van der Waals surface area contributed by atoms with Crippen molar-refractivity contribution in [3.05, 3.63) is 47.5 Å². The first-order valence-electron chi connectivity index (χ1n) is 8.10. The molecule has 1 aromatic carbocycles. The Balaban J connectivity index is 1.83. The lowest BCUT2D eigenvalue weighted by Gasteiger charge is -2.23. The Bertz CT molecular complexity index is 949. The Kier molecular flexibility index (Phi) is 4.90. The summed E-state index contributed by atoms with van der Waals surface area (Å²) in [7, 11) is -1.34. The zero-order valence-electron chi connectivity index (χ0n) is 14.4. The number of para-hydroxylation sites is 1. The van der Waals surface area contributed by atoms with E-state index in [-0.39, 0.29) is 34.9 Å². The van der Waals surface area contributed by atoms with Crippen LogP contribution in [0.1, 0.15) is 22.6 Å². The second-order valence-electron chi connectivity index (χ2n) is 6.30. The molecule has 0 saturated carbocycles. The fourth-order valence-electron chi connectivity index (χ4n) is 2.82. The summed E-state index contributed by atoms with van der Waals surface area (Å²) >= 11 is 0. The van der Waals surface area contributed by atoms with E-state index < -0.39 is 21.6 Å². The highest BCUT2D eigenvalue weighted by Crippen LogP contribution is 2.21. The monoisotopic (exact) mass is 378 g/mol. The number of benzene rings is 1. The number of nitrogens with one attached hydrogen (secondary N) is 1. The normalized spacial score (nSPS) is 18.5.